The third-order valence-corrected chi connectivity index (χ3v) is 10.2. The summed E-state index contributed by atoms with van der Waals surface area (Å²) in [5, 5.41) is 0. The average molecular weight is 645 g/mol. The predicted octanol–water partition coefficient (Wildman–Crippen LogP) is 10.9. The fraction of sp³-hybridized carbons (Fsp3) is 0.657. The molecule has 250 valence electrons. The third kappa shape index (κ3) is 8.34. The molecule has 0 N–H and O–H groups in total. The van der Waals surface area contributed by atoms with Crippen molar-refractivity contribution < 1.29 is 44.9 Å². The van der Waals surface area contributed by atoms with Crippen molar-refractivity contribution in [2.45, 2.75) is 103 Å². The molecule has 1 aliphatic heterocycles. The van der Waals surface area contributed by atoms with Crippen LogP contribution in [0, 0.1) is 47.0 Å². The summed E-state index contributed by atoms with van der Waals surface area (Å²) >= 11 is 0. The standard InChI is InChI=1S/C35H43F7O3/c1-2-3-4-5-21-6-8-22(9-7-21)25-19-43-34(44-20-25)23-10-12-26(13-11-23)35(41,42)45-27-14-15-28(29(36)18-27)24-16-30(37)32(33(39)40)31(38)17-24/h14-18,21-23,25-26,33-34H,2-13,19-20H2,1H3. The van der Waals surface area contributed by atoms with E-state index in [-0.39, 0.29) is 29.9 Å². The molecule has 0 unspecified atom stereocenters. The van der Waals surface area contributed by atoms with Crippen LogP contribution in [0.3, 0.4) is 0 Å². The molecule has 10 heteroatoms. The Morgan fingerprint density at radius 1 is 0.778 bits per heavy atom. The van der Waals surface area contributed by atoms with Crippen LogP contribution in [-0.2, 0) is 9.47 Å². The minimum Gasteiger partial charge on any atom is -0.432 e. The molecule has 45 heavy (non-hydrogen) atoms. The Bertz CT molecular complexity index is 1220. The third-order valence-electron chi connectivity index (χ3n) is 10.2. The zero-order valence-corrected chi connectivity index (χ0v) is 25.7. The lowest BCUT2D eigenvalue weighted by Crippen LogP contribution is -2.43. The van der Waals surface area contributed by atoms with E-state index in [2.05, 4.69) is 6.92 Å². The summed E-state index contributed by atoms with van der Waals surface area (Å²) in [6.45, 7) is 3.52. The maximum Gasteiger partial charge on any atom is 0.400 e. The van der Waals surface area contributed by atoms with Gasteiger partial charge < -0.3 is 14.2 Å². The number of hydrogen-bond acceptors (Lipinski definition) is 3. The zero-order valence-electron chi connectivity index (χ0n) is 25.7. The topological polar surface area (TPSA) is 27.7 Å². The molecule has 0 spiro atoms. The molecule has 2 aliphatic carbocycles. The highest BCUT2D eigenvalue weighted by Gasteiger charge is 2.46. The van der Waals surface area contributed by atoms with Gasteiger partial charge in [0.2, 0.25) is 0 Å². The molecule has 3 fully saturated rings. The molecule has 0 amide bonds. The van der Waals surface area contributed by atoms with Crippen LogP contribution in [0.15, 0.2) is 30.3 Å². The molecule has 2 saturated carbocycles. The number of benzene rings is 2. The summed E-state index contributed by atoms with van der Waals surface area (Å²) in [6, 6.07) is 3.95. The van der Waals surface area contributed by atoms with Crippen molar-refractivity contribution in [2.75, 3.05) is 13.2 Å². The molecule has 1 heterocycles. The van der Waals surface area contributed by atoms with E-state index in [0.29, 0.717) is 56.1 Å². The van der Waals surface area contributed by atoms with Crippen molar-refractivity contribution in [2.24, 2.45) is 29.6 Å². The van der Waals surface area contributed by atoms with Gasteiger partial charge in [-0.2, -0.15) is 8.78 Å². The first-order chi connectivity index (χ1) is 21.6. The van der Waals surface area contributed by atoms with Crippen molar-refractivity contribution >= 4 is 0 Å². The number of alkyl halides is 4. The second-order valence-electron chi connectivity index (χ2n) is 13.1. The number of ether oxygens (including phenoxy) is 3. The second-order valence-corrected chi connectivity index (χ2v) is 13.1. The molecule has 5 rings (SSSR count). The lowest BCUT2D eigenvalue weighted by molar-refractivity contribution is -0.251. The number of hydrogen-bond donors (Lipinski definition) is 0. The maximum absolute atomic E-state index is 15.1. The first-order valence-corrected chi connectivity index (χ1v) is 16.4. The van der Waals surface area contributed by atoms with Crippen LogP contribution in [-0.4, -0.2) is 25.6 Å². The van der Waals surface area contributed by atoms with E-state index in [4.69, 9.17) is 14.2 Å². The van der Waals surface area contributed by atoms with Crippen molar-refractivity contribution in [1.82, 2.24) is 0 Å². The smallest absolute Gasteiger partial charge is 0.400 e. The fourth-order valence-electron chi connectivity index (χ4n) is 7.42. The normalized spacial score (nSPS) is 27.9. The highest BCUT2D eigenvalue weighted by Crippen LogP contribution is 2.44. The minimum absolute atomic E-state index is 0.0151. The van der Waals surface area contributed by atoms with Gasteiger partial charge in [-0.05, 0) is 80.2 Å². The van der Waals surface area contributed by atoms with E-state index >= 15 is 8.78 Å². The molecule has 0 atom stereocenters. The van der Waals surface area contributed by atoms with Gasteiger partial charge in [-0.15, -0.1) is 0 Å². The summed E-state index contributed by atoms with van der Waals surface area (Å²) in [5.74, 6) is -3.82. The molecule has 0 radical (unpaired) electrons. The molecule has 0 aromatic heterocycles. The van der Waals surface area contributed by atoms with E-state index in [9.17, 15) is 22.0 Å². The molecule has 3 aliphatic rings. The quantitative estimate of drug-likeness (QED) is 0.180. The second kappa shape index (κ2) is 15.1. The summed E-state index contributed by atoms with van der Waals surface area (Å²) in [7, 11) is 0. The minimum atomic E-state index is -3.58. The molecule has 0 bridgehead atoms. The zero-order chi connectivity index (χ0) is 32.1. The van der Waals surface area contributed by atoms with Gasteiger partial charge in [0.05, 0.1) is 24.7 Å². The van der Waals surface area contributed by atoms with Crippen LogP contribution >= 0.6 is 0 Å². The lowest BCUT2D eigenvalue weighted by atomic mass is 9.74. The SMILES string of the molecule is CCCCCC1CCC(C2COC(C3CCC(C(F)(F)Oc4ccc(-c5cc(F)c(C(F)F)c(F)c5)c(F)c4)CC3)OC2)CC1. The van der Waals surface area contributed by atoms with E-state index in [0.717, 1.165) is 18.1 Å². The highest BCUT2D eigenvalue weighted by molar-refractivity contribution is 5.65. The van der Waals surface area contributed by atoms with Crippen LogP contribution in [0.2, 0.25) is 0 Å². The highest BCUT2D eigenvalue weighted by atomic mass is 19.3. The maximum atomic E-state index is 15.1. The molecule has 2 aromatic carbocycles. The molecular formula is C35H43F7O3. The molecule has 3 nitrogen and oxygen atoms in total. The van der Waals surface area contributed by atoms with Crippen molar-refractivity contribution in [3.8, 4) is 16.9 Å². The van der Waals surface area contributed by atoms with Gasteiger partial charge in [-0.3, -0.25) is 0 Å². The molecule has 2 aromatic rings. The summed E-state index contributed by atoms with van der Waals surface area (Å²) in [5.41, 5.74) is -2.09. The van der Waals surface area contributed by atoms with Gasteiger partial charge in [0.15, 0.2) is 6.29 Å². The predicted molar refractivity (Wildman–Crippen MR) is 157 cm³/mol. The Morgan fingerprint density at radius 3 is 1.98 bits per heavy atom. The van der Waals surface area contributed by atoms with Gasteiger partial charge in [0.1, 0.15) is 23.2 Å². The van der Waals surface area contributed by atoms with Gasteiger partial charge in [-0.1, -0.05) is 45.4 Å². The van der Waals surface area contributed by atoms with Crippen molar-refractivity contribution in [3.63, 3.8) is 0 Å². The first-order valence-electron chi connectivity index (χ1n) is 16.4. The molecular weight excluding hydrogens is 601 g/mol. The Labute approximate surface area is 260 Å². The Morgan fingerprint density at radius 2 is 1.40 bits per heavy atom. The van der Waals surface area contributed by atoms with E-state index in [1.807, 2.05) is 0 Å². The van der Waals surface area contributed by atoms with Gasteiger partial charge in [0.25, 0.3) is 6.43 Å². The van der Waals surface area contributed by atoms with Crippen LogP contribution in [0.1, 0.15) is 96.0 Å². The van der Waals surface area contributed by atoms with Crippen LogP contribution in [0.5, 0.6) is 5.75 Å². The fourth-order valence-corrected chi connectivity index (χ4v) is 7.42. The number of halogens is 7. The van der Waals surface area contributed by atoms with Crippen molar-refractivity contribution in [1.29, 1.82) is 0 Å². The monoisotopic (exact) mass is 644 g/mol. The number of rotatable bonds is 11. The largest absolute Gasteiger partial charge is 0.432 e. The van der Waals surface area contributed by atoms with E-state index in [1.165, 1.54) is 51.4 Å². The van der Waals surface area contributed by atoms with E-state index in [1.54, 1.807) is 0 Å². The van der Waals surface area contributed by atoms with Crippen LogP contribution in [0.4, 0.5) is 30.7 Å². The first kappa shape index (κ1) is 34.0. The van der Waals surface area contributed by atoms with E-state index < -0.39 is 53.5 Å². The lowest BCUT2D eigenvalue weighted by Gasteiger charge is -2.41. The Hall–Kier alpha value is -2.33. The van der Waals surface area contributed by atoms with Gasteiger partial charge in [-0.25, -0.2) is 22.0 Å². The van der Waals surface area contributed by atoms with Gasteiger partial charge in [0, 0.05) is 23.5 Å². The van der Waals surface area contributed by atoms with Crippen LogP contribution in [0.25, 0.3) is 11.1 Å². The Kier molecular flexibility index (Phi) is 11.4. The summed E-state index contributed by atoms with van der Waals surface area (Å²) < 4.78 is 116. The van der Waals surface area contributed by atoms with Crippen molar-refractivity contribution in [3.05, 3.63) is 53.3 Å². The number of unbranched alkanes of at least 4 members (excludes halogenated alkanes) is 2. The van der Waals surface area contributed by atoms with Crippen LogP contribution < -0.4 is 4.74 Å². The average Bonchev–Trinajstić information content (AvgIpc) is 3.01. The Balaban J connectivity index is 1.08. The summed E-state index contributed by atoms with van der Waals surface area (Å²) in [6.07, 6.45) is 4.21. The van der Waals surface area contributed by atoms with Gasteiger partial charge >= 0.3 is 6.11 Å². The summed E-state index contributed by atoms with van der Waals surface area (Å²) in [4.78, 5) is 0. The molecule has 1 saturated heterocycles.